The molecule has 2 aromatic rings. The molecule has 1 aliphatic carbocycles. The number of esters is 1. The van der Waals surface area contributed by atoms with Crippen molar-refractivity contribution in [2.24, 2.45) is 0 Å². The Labute approximate surface area is 178 Å². The molecule has 4 nitrogen and oxygen atoms in total. The fourth-order valence-corrected chi connectivity index (χ4v) is 5.02. The summed E-state index contributed by atoms with van der Waals surface area (Å²) in [5.74, 6) is 0.931. The number of likely N-dealkylation sites (tertiary alicyclic amines) is 1. The van der Waals surface area contributed by atoms with Crippen molar-refractivity contribution in [3.63, 3.8) is 0 Å². The van der Waals surface area contributed by atoms with Gasteiger partial charge in [0, 0.05) is 30.3 Å². The van der Waals surface area contributed by atoms with E-state index in [2.05, 4.69) is 4.90 Å². The molecule has 0 bridgehead atoms. The van der Waals surface area contributed by atoms with Crippen molar-refractivity contribution < 1.29 is 14.3 Å². The number of carbonyl (C=O) groups excluding carboxylic acids is 1. The lowest BCUT2D eigenvalue weighted by molar-refractivity contribution is -0.149. The van der Waals surface area contributed by atoms with E-state index >= 15 is 0 Å². The molecule has 29 heavy (non-hydrogen) atoms. The van der Waals surface area contributed by atoms with Gasteiger partial charge in [0.25, 0.3) is 0 Å². The summed E-state index contributed by atoms with van der Waals surface area (Å²) in [5.41, 5.74) is 1.79. The molecular weight excluding hydrogens is 386 g/mol. The van der Waals surface area contributed by atoms with E-state index in [0.717, 1.165) is 42.1 Å². The third-order valence-electron chi connectivity index (χ3n) is 6.47. The summed E-state index contributed by atoms with van der Waals surface area (Å²) in [4.78, 5) is 15.8. The Morgan fingerprint density at radius 1 is 0.897 bits per heavy atom. The lowest BCUT2D eigenvalue weighted by Gasteiger charge is -2.31. The monoisotopic (exact) mass is 413 g/mol. The van der Waals surface area contributed by atoms with Crippen molar-refractivity contribution in [3.05, 3.63) is 59.7 Å². The standard InChI is InChI=1S/C24H27NO3.ClH/c26-24(27-18-14-15-25(16-18)17-8-2-1-3-9-17)23-19-10-4-6-12-21(19)28-22-13-7-5-11-20(22)23;/h4-7,10-13,17-18,23H,1-3,8-9,14-16H2;1H. The Bertz CT molecular complexity index is 819. The lowest BCUT2D eigenvalue weighted by Crippen LogP contribution is -2.36. The second kappa shape index (κ2) is 8.76. The first-order chi connectivity index (χ1) is 13.8. The van der Waals surface area contributed by atoms with Gasteiger partial charge in [0.2, 0.25) is 0 Å². The molecule has 2 aromatic carbocycles. The smallest absolute Gasteiger partial charge is 0.318 e. The summed E-state index contributed by atoms with van der Waals surface area (Å²) < 4.78 is 12.1. The number of nitrogens with zero attached hydrogens (tertiary/aromatic N) is 1. The number of para-hydroxylation sites is 2. The molecule has 0 amide bonds. The molecule has 1 saturated carbocycles. The van der Waals surface area contributed by atoms with Crippen LogP contribution in [0.25, 0.3) is 0 Å². The van der Waals surface area contributed by atoms with E-state index in [4.69, 9.17) is 9.47 Å². The highest BCUT2D eigenvalue weighted by molar-refractivity contribution is 5.86. The zero-order chi connectivity index (χ0) is 18.9. The minimum absolute atomic E-state index is 0. The predicted molar refractivity (Wildman–Crippen MR) is 115 cm³/mol. The van der Waals surface area contributed by atoms with E-state index in [0.29, 0.717) is 6.04 Å². The third kappa shape index (κ3) is 4.01. The highest BCUT2D eigenvalue weighted by atomic mass is 35.5. The molecule has 0 spiro atoms. The van der Waals surface area contributed by atoms with E-state index < -0.39 is 5.92 Å². The van der Waals surface area contributed by atoms with Crippen LogP contribution in [0.4, 0.5) is 0 Å². The number of halogens is 1. The topological polar surface area (TPSA) is 38.8 Å². The van der Waals surface area contributed by atoms with Gasteiger partial charge in [0.1, 0.15) is 23.5 Å². The maximum Gasteiger partial charge on any atom is 0.318 e. The molecule has 1 unspecified atom stereocenters. The average molecular weight is 414 g/mol. The van der Waals surface area contributed by atoms with Crippen LogP contribution in [0.15, 0.2) is 48.5 Å². The van der Waals surface area contributed by atoms with Gasteiger partial charge in [-0.25, -0.2) is 0 Å². The average Bonchev–Trinajstić information content (AvgIpc) is 3.21. The summed E-state index contributed by atoms with van der Waals surface area (Å²) in [6.45, 7) is 1.92. The van der Waals surface area contributed by atoms with Gasteiger partial charge in [-0.2, -0.15) is 0 Å². The lowest BCUT2D eigenvalue weighted by atomic mass is 9.88. The van der Waals surface area contributed by atoms with Gasteiger partial charge in [-0.3, -0.25) is 9.69 Å². The largest absolute Gasteiger partial charge is 0.460 e. The first-order valence-corrected chi connectivity index (χ1v) is 10.6. The van der Waals surface area contributed by atoms with Crippen molar-refractivity contribution in [2.75, 3.05) is 13.1 Å². The summed E-state index contributed by atoms with van der Waals surface area (Å²) >= 11 is 0. The zero-order valence-electron chi connectivity index (χ0n) is 16.6. The number of rotatable bonds is 3. The molecule has 3 aliphatic rings. The maximum atomic E-state index is 13.3. The molecular formula is C24H28ClNO3. The molecule has 0 aromatic heterocycles. The Hall–Kier alpha value is -2.04. The molecule has 2 heterocycles. The fraction of sp³-hybridized carbons (Fsp3) is 0.458. The van der Waals surface area contributed by atoms with E-state index in [1.807, 2.05) is 48.5 Å². The molecule has 1 atom stereocenters. The summed E-state index contributed by atoms with van der Waals surface area (Å²) in [6, 6.07) is 16.3. The van der Waals surface area contributed by atoms with Crippen LogP contribution in [0, 0.1) is 0 Å². The normalized spacial score (nSPS) is 22.1. The molecule has 2 fully saturated rings. The van der Waals surface area contributed by atoms with Crippen molar-refractivity contribution >= 4 is 18.4 Å². The molecule has 5 rings (SSSR count). The van der Waals surface area contributed by atoms with Crippen LogP contribution in [0.3, 0.4) is 0 Å². The Balaban J connectivity index is 0.00000205. The van der Waals surface area contributed by atoms with Crippen LogP contribution in [0.5, 0.6) is 11.5 Å². The maximum absolute atomic E-state index is 13.3. The van der Waals surface area contributed by atoms with Crippen molar-refractivity contribution in [2.45, 2.75) is 56.6 Å². The van der Waals surface area contributed by atoms with Crippen molar-refractivity contribution in [3.8, 4) is 11.5 Å². The minimum atomic E-state index is -0.412. The van der Waals surface area contributed by atoms with Crippen molar-refractivity contribution in [1.29, 1.82) is 0 Å². The minimum Gasteiger partial charge on any atom is -0.460 e. The third-order valence-corrected chi connectivity index (χ3v) is 6.47. The summed E-state index contributed by atoms with van der Waals surface area (Å²) in [5, 5.41) is 0. The number of ether oxygens (including phenoxy) is 2. The summed E-state index contributed by atoms with van der Waals surface area (Å²) in [7, 11) is 0. The van der Waals surface area contributed by atoms with Crippen LogP contribution >= 0.6 is 12.4 Å². The Kier molecular flexibility index (Phi) is 6.12. The quantitative estimate of drug-likeness (QED) is 0.640. The van der Waals surface area contributed by atoms with Crippen molar-refractivity contribution in [1.82, 2.24) is 4.90 Å². The van der Waals surface area contributed by atoms with Gasteiger partial charge in [-0.1, -0.05) is 55.7 Å². The van der Waals surface area contributed by atoms with Gasteiger partial charge in [0.15, 0.2) is 0 Å². The molecule has 0 N–H and O–H groups in total. The van der Waals surface area contributed by atoms with Crippen LogP contribution < -0.4 is 4.74 Å². The van der Waals surface area contributed by atoms with E-state index in [1.165, 1.54) is 32.1 Å². The van der Waals surface area contributed by atoms with Gasteiger partial charge < -0.3 is 9.47 Å². The number of fused-ring (bicyclic) bond motifs is 2. The van der Waals surface area contributed by atoms with Gasteiger partial charge >= 0.3 is 5.97 Å². The van der Waals surface area contributed by atoms with E-state index in [-0.39, 0.29) is 24.5 Å². The van der Waals surface area contributed by atoms with Crippen LogP contribution in [0.1, 0.15) is 55.6 Å². The number of carbonyl (C=O) groups is 1. The number of hydrogen-bond acceptors (Lipinski definition) is 4. The molecule has 154 valence electrons. The number of benzene rings is 2. The van der Waals surface area contributed by atoms with Gasteiger partial charge in [-0.15, -0.1) is 12.4 Å². The zero-order valence-corrected chi connectivity index (χ0v) is 17.4. The van der Waals surface area contributed by atoms with E-state index in [9.17, 15) is 4.79 Å². The van der Waals surface area contributed by atoms with Crippen LogP contribution in [0.2, 0.25) is 0 Å². The highest BCUT2D eigenvalue weighted by Crippen LogP contribution is 2.44. The van der Waals surface area contributed by atoms with Gasteiger partial charge in [0.05, 0.1) is 0 Å². The van der Waals surface area contributed by atoms with Gasteiger partial charge in [-0.05, 0) is 31.4 Å². The predicted octanol–water partition coefficient (Wildman–Crippen LogP) is 5.30. The first-order valence-electron chi connectivity index (χ1n) is 10.6. The number of hydrogen-bond donors (Lipinski definition) is 0. The second-order valence-electron chi connectivity index (χ2n) is 8.25. The first kappa shape index (κ1) is 20.2. The summed E-state index contributed by atoms with van der Waals surface area (Å²) in [6.07, 6.45) is 7.56. The van der Waals surface area contributed by atoms with E-state index in [1.54, 1.807) is 0 Å². The molecule has 1 saturated heterocycles. The molecule has 5 heteroatoms. The SMILES string of the molecule is Cl.O=C(OC1CCN(C2CCCCC2)C1)C1c2ccccc2Oc2ccccc21. The fourth-order valence-electron chi connectivity index (χ4n) is 5.02. The molecule has 0 radical (unpaired) electrons. The highest BCUT2D eigenvalue weighted by Gasteiger charge is 2.37. The van der Waals surface area contributed by atoms with Crippen LogP contribution in [-0.2, 0) is 9.53 Å². The second-order valence-corrected chi connectivity index (χ2v) is 8.25. The van der Waals surface area contributed by atoms with Crippen LogP contribution in [-0.4, -0.2) is 36.1 Å². The molecule has 2 aliphatic heterocycles. The Morgan fingerprint density at radius 3 is 2.17 bits per heavy atom. The Morgan fingerprint density at radius 2 is 1.52 bits per heavy atom.